The Kier molecular flexibility index (Phi) is 4.86. The molecule has 0 unspecified atom stereocenters. The first-order valence-corrected chi connectivity index (χ1v) is 9.71. The molecule has 10 heteroatoms. The van der Waals surface area contributed by atoms with E-state index in [1.807, 2.05) is 48.5 Å². The van der Waals surface area contributed by atoms with Crippen LogP contribution in [0.25, 0.3) is 28.1 Å². The molecule has 0 aliphatic carbocycles. The van der Waals surface area contributed by atoms with Gasteiger partial charge in [0.05, 0.1) is 26.1 Å². The number of hydrogen-bond donors (Lipinski definition) is 0. The summed E-state index contributed by atoms with van der Waals surface area (Å²) in [7, 11) is 3.20. The highest BCUT2D eigenvalue weighted by Gasteiger charge is 2.14. The summed E-state index contributed by atoms with van der Waals surface area (Å²) in [5.41, 5.74) is 1.76. The van der Waals surface area contributed by atoms with Gasteiger partial charge in [0.25, 0.3) is 5.56 Å². The second kappa shape index (κ2) is 7.99. The molecule has 0 spiro atoms. The van der Waals surface area contributed by atoms with Gasteiger partial charge in [0.2, 0.25) is 11.7 Å². The largest absolute Gasteiger partial charge is 0.497 e. The van der Waals surface area contributed by atoms with Crippen LogP contribution in [0.3, 0.4) is 0 Å². The standard InChI is InChI=1S/C22H18N6O4/c1-30-16-7-3-14(4-8-16)20-25-19(32-26-20)12-27-13-23-21-18(22(27)29)11-24-28(21)15-5-9-17(31-2)10-6-15/h3-11,13H,12H2,1-2H3. The molecular weight excluding hydrogens is 412 g/mol. The van der Waals surface area contributed by atoms with Crippen molar-refractivity contribution in [3.05, 3.63) is 77.3 Å². The van der Waals surface area contributed by atoms with Gasteiger partial charge in [0, 0.05) is 5.56 Å². The zero-order valence-corrected chi connectivity index (χ0v) is 17.3. The van der Waals surface area contributed by atoms with E-state index >= 15 is 0 Å². The Morgan fingerprint density at radius 3 is 2.34 bits per heavy atom. The van der Waals surface area contributed by atoms with E-state index in [9.17, 15) is 4.79 Å². The van der Waals surface area contributed by atoms with Gasteiger partial charge in [-0.2, -0.15) is 10.1 Å². The smallest absolute Gasteiger partial charge is 0.264 e. The highest BCUT2D eigenvalue weighted by Crippen LogP contribution is 2.20. The Hall–Kier alpha value is -4.47. The van der Waals surface area contributed by atoms with E-state index in [1.54, 1.807) is 18.9 Å². The topological polar surface area (TPSA) is 110 Å². The molecule has 160 valence electrons. The van der Waals surface area contributed by atoms with Crippen molar-refractivity contribution in [3.8, 4) is 28.6 Å². The molecule has 0 atom stereocenters. The summed E-state index contributed by atoms with van der Waals surface area (Å²) in [6.07, 6.45) is 2.95. The molecule has 5 aromatic rings. The number of fused-ring (bicyclic) bond motifs is 1. The summed E-state index contributed by atoms with van der Waals surface area (Å²) in [6, 6.07) is 14.6. The lowest BCUT2D eigenvalue weighted by molar-refractivity contribution is 0.369. The van der Waals surface area contributed by atoms with Gasteiger partial charge in [-0.15, -0.1) is 0 Å². The number of aromatic nitrogens is 6. The average Bonchev–Trinajstić information content (AvgIpc) is 3.49. The Morgan fingerprint density at radius 1 is 0.969 bits per heavy atom. The van der Waals surface area contributed by atoms with Crippen molar-refractivity contribution < 1.29 is 14.0 Å². The molecule has 0 aliphatic rings. The van der Waals surface area contributed by atoms with Crippen LogP contribution in [0.4, 0.5) is 0 Å². The maximum absolute atomic E-state index is 13.0. The normalized spacial score (nSPS) is 11.1. The molecule has 32 heavy (non-hydrogen) atoms. The highest BCUT2D eigenvalue weighted by atomic mass is 16.5. The SMILES string of the molecule is COc1ccc(-c2noc(Cn3cnc4c(cnn4-c4ccc(OC)cc4)c3=O)n2)cc1. The molecule has 0 saturated carbocycles. The minimum atomic E-state index is -0.251. The van der Waals surface area contributed by atoms with Crippen molar-refractivity contribution in [2.24, 2.45) is 0 Å². The van der Waals surface area contributed by atoms with E-state index < -0.39 is 0 Å². The molecule has 0 radical (unpaired) electrons. The average molecular weight is 430 g/mol. The fourth-order valence-electron chi connectivity index (χ4n) is 3.30. The lowest BCUT2D eigenvalue weighted by atomic mass is 10.2. The summed E-state index contributed by atoms with van der Waals surface area (Å²) in [5, 5.41) is 8.71. The van der Waals surface area contributed by atoms with E-state index in [0.29, 0.717) is 22.7 Å². The van der Waals surface area contributed by atoms with Gasteiger partial charge in [-0.25, -0.2) is 9.67 Å². The lowest BCUT2D eigenvalue weighted by Crippen LogP contribution is -2.21. The van der Waals surface area contributed by atoms with E-state index in [2.05, 4.69) is 20.2 Å². The van der Waals surface area contributed by atoms with Crippen LogP contribution in [0.2, 0.25) is 0 Å². The van der Waals surface area contributed by atoms with E-state index in [-0.39, 0.29) is 12.1 Å². The molecule has 2 aromatic carbocycles. The Bertz CT molecular complexity index is 1430. The first-order valence-electron chi connectivity index (χ1n) is 9.71. The van der Waals surface area contributed by atoms with Crippen LogP contribution in [-0.2, 0) is 6.54 Å². The quantitative estimate of drug-likeness (QED) is 0.404. The third-order valence-electron chi connectivity index (χ3n) is 4.99. The number of rotatable bonds is 6. The van der Waals surface area contributed by atoms with E-state index in [1.165, 1.54) is 17.1 Å². The van der Waals surface area contributed by atoms with Gasteiger partial charge in [-0.3, -0.25) is 9.36 Å². The molecule has 5 rings (SSSR count). The molecule has 0 saturated heterocycles. The molecule has 3 heterocycles. The third-order valence-corrected chi connectivity index (χ3v) is 4.99. The zero-order chi connectivity index (χ0) is 22.1. The van der Waals surface area contributed by atoms with Crippen LogP contribution < -0.4 is 15.0 Å². The Labute approximate surface area is 181 Å². The molecule has 0 bridgehead atoms. The predicted molar refractivity (Wildman–Crippen MR) is 115 cm³/mol. The van der Waals surface area contributed by atoms with Gasteiger partial charge in [-0.1, -0.05) is 5.16 Å². The fraction of sp³-hybridized carbons (Fsp3) is 0.136. The second-order valence-electron chi connectivity index (χ2n) is 6.91. The van der Waals surface area contributed by atoms with E-state index in [0.717, 1.165) is 22.7 Å². The van der Waals surface area contributed by atoms with Gasteiger partial charge >= 0.3 is 0 Å². The van der Waals surface area contributed by atoms with Gasteiger partial charge < -0.3 is 14.0 Å². The number of methoxy groups -OCH3 is 2. The molecule has 10 nitrogen and oxygen atoms in total. The summed E-state index contributed by atoms with van der Waals surface area (Å²) in [5.74, 6) is 2.19. The monoisotopic (exact) mass is 430 g/mol. The maximum atomic E-state index is 13.0. The van der Waals surface area contributed by atoms with Crippen molar-refractivity contribution in [3.63, 3.8) is 0 Å². The molecule has 0 aliphatic heterocycles. The molecule has 0 amide bonds. The maximum Gasteiger partial charge on any atom is 0.264 e. The molecule has 3 aromatic heterocycles. The summed E-state index contributed by atoms with van der Waals surface area (Å²) >= 11 is 0. The third kappa shape index (κ3) is 3.47. The first-order chi connectivity index (χ1) is 15.7. The number of nitrogens with zero attached hydrogens (tertiary/aromatic N) is 6. The van der Waals surface area contributed by atoms with Gasteiger partial charge in [0.15, 0.2) is 5.65 Å². The molecule has 0 N–H and O–H groups in total. The van der Waals surface area contributed by atoms with Gasteiger partial charge in [-0.05, 0) is 48.5 Å². The van der Waals surface area contributed by atoms with Crippen LogP contribution >= 0.6 is 0 Å². The highest BCUT2D eigenvalue weighted by molar-refractivity contribution is 5.75. The number of ether oxygens (including phenoxy) is 2. The molecular formula is C22H18N6O4. The number of hydrogen-bond acceptors (Lipinski definition) is 8. The lowest BCUT2D eigenvalue weighted by Gasteiger charge is -2.05. The van der Waals surface area contributed by atoms with Crippen LogP contribution in [0.5, 0.6) is 11.5 Å². The van der Waals surface area contributed by atoms with Gasteiger partial charge in [0.1, 0.15) is 29.8 Å². The minimum absolute atomic E-state index is 0.0959. The molecule has 0 fully saturated rings. The van der Waals surface area contributed by atoms with Crippen molar-refractivity contribution in [1.29, 1.82) is 0 Å². The second-order valence-corrected chi connectivity index (χ2v) is 6.91. The van der Waals surface area contributed by atoms with Crippen LogP contribution in [0.15, 0.2) is 70.4 Å². The summed E-state index contributed by atoms with van der Waals surface area (Å²) in [6.45, 7) is 0.0959. The fourth-order valence-corrected chi connectivity index (χ4v) is 3.30. The van der Waals surface area contributed by atoms with Crippen molar-refractivity contribution >= 4 is 11.0 Å². The predicted octanol–water partition coefficient (Wildman–Crippen LogP) is 2.70. The Balaban J connectivity index is 1.42. The summed E-state index contributed by atoms with van der Waals surface area (Å²) < 4.78 is 18.7. The first kappa shape index (κ1) is 19.5. The Morgan fingerprint density at radius 2 is 1.66 bits per heavy atom. The van der Waals surface area contributed by atoms with Crippen LogP contribution in [0, 0.1) is 0 Å². The van der Waals surface area contributed by atoms with Crippen LogP contribution in [-0.4, -0.2) is 43.7 Å². The zero-order valence-electron chi connectivity index (χ0n) is 17.3. The van der Waals surface area contributed by atoms with Crippen molar-refractivity contribution in [2.75, 3.05) is 14.2 Å². The van der Waals surface area contributed by atoms with Crippen molar-refractivity contribution in [1.82, 2.24) is 29.5 Å². The summed E-state index contributed by atoms with van der Waals surface area (Å²) in [4.78, 5) is 21.8. The number of benzene rings is 2. The van der Waals surface area contributed by atoms with E-state index in [4.69, 9.17) is 14.0 Å². The van der Waals surface area contributed by atoms with Crippen LogP contribution in [0.1, 0.15) is 5.89 Å². The minimum Gasteiger partial charge on any atom is -0.497 e. The van der Waals surface area contributed by atoms with Crippen molar-refractivity contribution in [2.45, 2.75) is 6.54 Å².